The van der Waals surface area contributed by atoms with E-state index < -0.39 is 11.8 Å². The predicted octanol–water partition coefficient (Wildman–Crippen LogP) is 2.63. The summed E-state index contributed by atoms with van der Waals surface area (Å²) in [5.74, 6) is 0.149. The lowest BCUT2D eigenvalue weighted by molar-refractivity contribution is -0.123. The van der Waals surface area contributed by atoms with Gasteiger partial charge in [0.25, 0.3) is 11.8 Å². The van der Waals surface area contributed by atoms with Gasteiger partial charge in [0.1, 0.15) is 11.3 Å². The first-order valence-electron chi connectivity index (χ1n) is 9.55. The quantitative estimate of drug-likeness (QED) is 0.565. The van der Waals surface area contributed by atoms with Crippen molar-refractivity contribution in [2.45, 2.75) is 25.9 Å². The molecule has 3 aromatic rings. The van der Waals surface area contributed by atoms with Gasteiger partial charge in [-0.25, -0.2) is 0 Å². The highest BCUT2D eigenvalue weighted by Gasteiger charge is 2.32. The summed E-state index contributed by atoms with van der Waals surface area (Å²) in [6.07, 6.45) is 0.775. The second kappa shape index (κ2) is 7.90. The zero-order chi connectivity index (χ0) is 21.1. The molecule has 0 saturated heterocycles. The summed E-state index contributed by atoms with van der Waals surface area (Å²) in [4.78, 5) is 24.3. The Morgan fingerprint density at radius 3 is 2.73 bits per heavy atom. The van der Waals surface area contributed by atoms with Crippen molar-refractivity contribution in [2.75, 3.05) is 6.61 Å². The van der Waals surface area contributed by atoms with Crippen LogP contribution in [-0.2, 0) is 11.2 Å². The molecule has 8 nitrogen and oxygen atoms in total. The van der Waals surface area contributed by atoms with Crippen LogP contribution in [0.25, 0.3) is 11.3 Å². The molecule has 1 aliphatic heterocycles. The first-order valence-corrected chi connectivity index (χ1v) is 9.55. The van der Waals surface area contributed by atoms with Gasteiger partial charge in [-0.1, -0.05) is 42.5 Å². The van der Waals surface area contributed by atoms with Crippen molar-refractivity contribution in [2.24, 2.45) is 0 Å². The molecule has 2 heterocycles. The van der Waals surface area contributed by atoms with E-state index in [0.29, 0.717) is 17.2 Å². The summed E-state index contributed by atoms with van der Waals surface area (Å²) >= 11 is 0. The number of amides is 2. The highest BCUT2D eigenvalue weighted by atomic mass is 16.5. The van der Waals surface area contributed by atoms with Gasteiger partial charge < -0.3 is 9.47 Å². The molecule has 0 aliphatic carbocycles. The second-order valence-corrected chi connectivity index (χ2v) is 7.61. The molecule has 4 rings (SSSR count). The van der Waals surface area contributed by atoms with Gasteiger partial charge in [0.05, 0.1) is 5.69 Å². The Morgan fingerprint density at radius 1 is 1.13 bits per heavy atom. The number of nitrogens with zero attached hydrogens (tertiary/aromatic N) is 1. The van der Waals surface area contributed by atoms with Crippen molar-refractivity contribution >= 4 is 11.8 Å². The molecule has 3 N–H and O–H groups in total. The fourth-order valence-electron chi connectivity index (χ4n) is 3.27. The van der Waals surface area contributed by atoms with Crippen LogP contribution in [0, 0.1) is 0 Å². The van der Waals surface area contributed by atoms with Crippen LogP contribution in [0.5, 0.6) is 11.5 Å². The Kier molecular flexibility index (Phi) is 5.14. The zero-order valence-corrected chi connectivity index (χ0v) is 16.7. The van der Waals surface area contributed by atoms with Gasteiger partial charge in [0.2, 0.25) is 0 Å². The van der Waals surface area contributed by atoms with Crippen LogP contribution in [0.15, 0.2) is 54.6 Å². The van der Waals surface area contributed by atoms with Gasteiger partial charge in [0, 0.05) is 17.5 Å². The summed E-state index contributed by atoms with van der Waals surface area (Å²) in [6, 6.07) is 16.7. The number of benzene rings is 2. The van der Waals surface area contributed by atoms with Crippen LogP contribution >= 0.6 is 0 Å². The van der Waals surface area contributed by atoms with Crippen LogP contribution in [0.4, 0.5) is 0 Å². The molecule has 2 amide bonds. The molecule has 8 heteroatoms. The van der Waals surface area contributed by atoms with Crippen LogP contribution in [0.2, 0.25) is 0 Å². The number of para-hydroxylation sites is 1. The number of carbonyl (C=O) groups is 2. The maximum atomic E-state index is 12.2. The van der Waals surface area contributed by atoms with E-state index in [2.05, 4.69) is 21.0 Å². The average molecular weight is 406 g/mol. The van der Waals surface area contributed by atoms with E-state index in [0.717, 1.165) is 17.5 Å². The van der Waals surface area contributed by atoms with Crippen molar-refractivity contribution in [3.05, 3.63) is 65.9 Å². The van der Waals surface area contributed by atoms with Crippen LogP contribution in [-0.4, -0.2) is 34.2 Å². The van der Waals surface area contributed by atoms with Crippen molar-refractivity contribution in [3.63, 3.8) is 0 Å². The smallest absolute Gasteiger partial charge is 0.287 e. The SMILES string of the molecule is CC1(C)Cc2cccc(OCC(=O)NNC(=O)c3cc(-c4ccccc4)n[nH]3)c2O1. The van der Waals surface area contributed by atoms with E-state index in [1.165, 1.54) is 0 Å². The Balaban J connectivity index is 1.30. The number of rotatable bonds is 5. The van der Waals surface area contributed by atoms with Crippen molar-refractivity contribution in [3.8, 4) is 22.8 Å². The molecular formula is C22H22N4O4. The normalized spacial score (nSPS) is 13.8. The minimum atomic E-state index is -0.510. The second-order valence-electron chi connectivity index (χ2n) is 7.61. The largest absolute Gasteiger partial charge is 0.483 e. The van der Waals surface area contributed by atoms with Gasteiger partial charge in [-0.2, -0.15) is 5.10 Å². The lowest BCUT2D eigenvalue weighted by atomic mass is 10.0. The third-order valence-electron chi connectivity index (χ3n) is 4.62. The molecule has 2 aromatic carbocycles. The van der Waals surface area contributed by atoms with Crippen LogP contribution < -0.4 is 20.3 Å². The summed E-state index contributed by atoms with van der Waals surface area (Å²) in [7, 11) is 0. The van der Waals surface area contributed by atoms with E-state index >= 15 is 0 Å². The Bertz CT molecular complexity index is 1080. The number of hydrogen-bond acceptors (Lipinski definition) is 5. The topological polar surface area (TPSA) is 105 Å². The number of hydrogen-bond donors (Lipinski definition) is 3. The molecule has 1 aromatic heterocycles. The summed E-state index contributed by atoms with van der Waals surface area (Å²) in [5, 5.41) is 6.78. The number of ether oxygens (including phenoxy) is 2. The van der Waals surface area contributed by atoms with Crippen LogP contribution in [0.3, 0.4) is 0 Å². The first kappa shape index (κ1) is 19.5. The molecule has 0 atom stereocenters. The highest BCUT2D eigenvalue weighted by Crippen LogP contribution is 2.41. The average Bonchev–Trinajstić information content (AvgIpc) is 3.34. The number of aromatic amines is 1. The number of aromatic nitrogens is 2. The molecule has 0 saturated carbocycles. The van der Waals surface area contributed by atoms with E-state index in [1.54, 1.807) is 12.1 Å². The molecular weight excluding hydrogens is 384 g/mol. The standard InChI is InChI=1S/C22H22N4O4/c1-22(2)12-15-9-6-10-18(20(15)30-22)29-13-19(27)25-26-21(28)17-11-16(23-24-17)14-7-4-3-5-8-14/h3-11H,12-13H2,1-2H3,(H,23,24)(H,25,27)(H,26,28). The zero-order valence-electron chi connectivity index (χ0n) is 16.7. The summed E-state index contributed by atoms with van der Waals surface area (Å²) in [5.41, 5.74) is 7.16. The van der Waals surface area contributed by atoms with E-state index in [4.69, 9.17) is 9.47 Å². The molecule has 0 fully saturated rings. The van der Waals surface area contributed by atoms with Crippen LogP contribution in [0.1, 0.15) is 29.9 Å². The van der Waals surface area contributed by atoms with Crippen molar-refractivity contribution < 1.29 is 19.1 Å². The fourth-order valence-corrected chi connectivity index (χ4v) is 3.27. The van der Waals surface area contributed by atoms with Gasteiger partial charge in [-0.05, 0) is 26.0 Å². The Morgan fingerprint density at radius 2 is 1.93 bits per heavy atom. The van der Waals surface area contributed by atoms with E-state index in [9.17, 15) is 9.59 Å². The Labute approximate surface area is 173 Å². The molecule has 0 spiro atoms. The van der Waals surface area contributed by atoms with Gasteiger partial charge >= 0.3 is 0 Å². The number of hydrazine groups is 1. The molecule has 0 bridgehead atoms. The maximum absolute atomic E-state index is 12.2. The molecule has 1 aliphatic rings. The van der Waals surface area contributed by atoms with Crippen molar-refractivity contribution in [1.82, 2.24) is 21.0 Å². The third-order valence-corrected chi connectivity index (χ3v) is 4.62. The predicted molar refractivity (Wildman–Crippen MR) is 110 cm³/mol. The minimum Gasteiger partial charge on any atom is -0.483 e. The number of nitrogens with one attached hydrogen (secondary N) is 3. The number of H-pyrrole nitrogens is 1. The molecule has 154 valence electrons. The molecule has 30 heavy (non-hydrogen) atoms. The van der Waals surface area contributed by atoms with E-state index in [-0.39, 0.29) is 17.9 Å². The maximum Gasteiger partial charge on any atom is 0.287 e. The first-order chi connectivity index (χ1) is 14.4. The fraction of sp³-hybridized carbons (Fsp3) is 0.227. The Hall–Kier alpha value is -3.81. The van der Waals surface area contributed by atoms with E-state index in [1.807, 2.05) is 56.3 Å². The third kappa shape index (κ3) is 4.27. The number of carbonyl (C=O) groups excluding carboxylic acids is 2. The summed E-state index contributed by atoms with van der Waals surface area (Å²) in [6.45, 7) is 3.73. The summed E-state index contributed by atoms with van der Waals surface area (Å²) < 4.78 is 11.5. The van der Waals surface area contributed by atoms with Crippen molar-refractivity contribution in [1.29, 1.82) is 0 Å². The van der Waals surface area contributed by atoms with Gasteiger partial charge in [-0.3, -0.25) is 25.5 Å². The van der Waals surface area contributed by atoms with Gasteiger partial charge in [-0.15, -0.1) is 0 Å². The monoisotopic (exact) mass is 406 g/mol. The lowest BCUT2D eigenvalue weighted by Gasteiger charge is -2.18. The number of fused-ring (bicyclic) bond motifs is 1. The molecule has 0 unspecified atom stereocenters. The highest BCUT2D eigenvalue weighted by molar-refractivity contribution is 5.94. The lowest BCUT2D eigenvalue weighted by Crippen LogP contribution is -2.44. The van der Waals surface area contributed by atoms with Gasteiger partial charge in [0.15, 0.2) is 18.1 Å². The molecule has 0 radical (unpaired) electrons. The minimum absolute atomic E-state index is 0.228.